The molecule has 0 atom stereocenters. The molecular weight excluding hydrogens is 320 g/mol. The number of hydrogen-bond acceptors (Lipinski definition) is 5. The highest BCUT2D eigenvalue weighted by Gasteiger charge is 2.17. The van der Waals surface area contributed by atoms with Gasteiger partial charge in [0.25, 0.3) is 0 Å². The van der Waals surface area contributed by atoms with Crippen LogP contribution >= 0.6 is 11.3 Å². The Bertz CT molecular complexity index is 755. The average molecular weight is 338 g/mol. The minimum Gasteiger partial charge on any atom is -0.340 e. The molecule has 2 aromatic rings. The number of anilines is 1. The fraction of sp³-hybridized carbons (Fsp3) is 0.214. The molecule has 1 aromatic carbocycles. The molecule has 0 aliphatic rings. The number of rotatable bonds is 6. The van der Waals surface area contributed by atoms with Gasteiger partial charge in [0.05, 0.1) is 9.77 Å². The van der Waals surface area contributed by atoms with Gasteiger partial charge in [-0.05, 0) is 49.3 Å². The summed E-state index contributed by atoms with van der Waals surface area (Å²) in [6.45, 7) is 0.415. The first-order chi connectivity index (χ1) is 10.5. The van der Waals surface area contributed by atoms with Crippen LogP contribution in [0.3, 0.4) is 0 Å². The van der Waals surface area contributed by atoms with Crippen molar-refractivity contribution in [2.45, 2.75) is 11.4 Å². The topological polar surface area (TPSA) is 94.1 Å². The molecule has 0 amide bonds. The molecule has 0 fully saturated rings. The molecule has 8 heteroatoms. The lowest BCUT2D eigenvalue weighted by Gasteiger charge is -2.13. The zero-order valence-electron chi connectivity index (χ0n) is 12.3. The Morgan fingerprint density at radius 1 is 1.27 bits per heavy atom. The van der Waals surface area contributed by atoms with Gasteiger partial charge < -0.3 is 10.6 Å². The largest absolute Gasteiger partial charge is 0.340 e. The third-order valence-corrected chi connectivity index (χ3v) is 5.42. The van der Waals surface area contributed by atoms with Gasteiger partial charge >= 0.3 is 0 Å². The van der Waals surface area contributed by atoms with Gasteiger partial charge in [0.2, 0.25) is 10.0 Å². The number of hydrogen-bond donors (Lipinski definition) is 4. The predicted octanol–water partition coefficient (Wildman–Crippen LogP) is 1.81. The summed E-state index contributed by atoms with van der Waals surface area (Å²) < 4.78 is 26.4. The lowest BCUT2D eigenvalue weighted by atomic mass is 10.2. The molecule has 0 aliphatic heterocycles. The maximum absolute atomic E-state index is 12.0. The molecule has 1 aromatic heterocycles. The normalized spacial score (nSPS) is 11.4. The Hall–Kier alpha value is -1.74. The lowest BCUT2D eigenvalue weighted by molar-refractivity contribution is 0.586. The minimum atomic E-state index is -3.51. The number of sulfonamides is 1. The maximum Gasteiger partial charge on any atom is 0.240 e. The standard InChI is InChI=1S/C14H18N4O2S2/c1-16-9-10-8-11(5-6-13(10)22(19,20)17-2)18-14(15)12-4-3-7-21-12/h3-8,16-17H,9H2,1-2H3,(H2,15,18). The molecule has 1 heterocycles. The van der Waals surface area contributed by atoms with Crippen molar-refractivity contribution in [3.63, 3.8) is 0 Å². The van der Waals surface area contributed by atoms with Crippen molar-refractivity contribution in [3.8, 4) is 0 Å². The van der Waals surface area contributed by atoms with E-state index in [1.165, 1.54) is 18.4 Å². The fourth-order valence-corrected chi connectivity index (χ4v) is 3.56. The van der Waals surface area contributed by atoms with Crippen LogP contribution in [0.5, 0.6) is 0 Å². The maximum atomic E-state index is 12.0. The molecule has 118 valence electrons. The van der Waals surface area contributed by atoms with E-state index in [4.69, 9.17) is 5.41 Å². The number of benzene rings is 1. The molecule has 22 heavy (non-hydrogen) atoms. The Balaban J connectivity index is 2.31. The number of nitrogens with one attached hydrogen (secondary N) is 4. The monoisotopic (exact) mass is 338 g/mol. The van der Waals surface area contributed by atoms with E-state index in [1.807, 2.05) is 17.5 Å². The van der Waals surface area contributed by atoms with Crippen LogP contribution in [0.4, 0.5) is 5.69 Å². The second-order valence-corrected chi connectivity index (χ2v) is 7.34. The Kier molecular flexibility index (Phi) is 5.30. The molecule has 4 N–H and O–H groups in total. The summed E-state index contributed by atoms with van der Waals surface area (Å²) in [6, 6.07) is 8.68. The van der Waals surface area contributed by atoms with Crippen LogP contribution in [0, 0.1) is 5.41 Å². The van der Waals surface area contributed by atoms with E-state index in [-0.39, 0.29) is 10.7 Å². The van der Waals surface area contributed by atoms with Crippen LogP contribution in [0.1, 0.15) is 10.4 Å². The van der Waals surface area contributed by atoms with Crippen molar-refractivity contribution in [3.05, 3.63) is 46.2 Å². The molecule has 0 unspecified atom stereocenters. The summed E-state index contributed by atoms with van der Waals surface area (Å²) in [7, 11) is -0.369. The second-order valence-electron chi connectivity index (χ2n) is 4.54. The van der Waals surface area contributed by atoms with Crippen molar-refractivity contribution < 1.29 is 8.42 Å². The Labute approximate surface area is 134 Å². The van der Waals surface area contributed by atoms with Gasteiger partial charge in [-0.1, -0.05) is 6.07 Å². The zero-order valence-corrected chi connectivity index (χ0v) is 13.9. The van der Waals surface area contributed by atoms with Crippen molar-refractivity contribution >= 4 is 32.9 Å². The summed E-state index contributed by atoms with van der Waals surface area (Å²) in [5.74, 6) is 0.287. The van der Waals surface area contributed by atoms with Gasteiger partial charge in [-0.3, -0.25) is 5.41 Å². The predicted molar refractivity (Wildman–Crippen MR) is 90.2 cm³/mol. The van der Waals surface area contributed by atoms with E-state index in [2.05, 4.69) is 15.4 Å². The summed E-state index contributed by atoms with van der Waals surface area (Å²) in [5, 5.41) is 15.9. The van der Waals surface area contributed by atoms with Crippen LogP contribution in [0.15, 0.2) is 40.6 Å². The third-order valence-electron chi connectivity index (χ3n) is 3.02. The van der Waals surface area contributed by atoms with Gasteiger partial charge in [0, 0.05) is 12.2 Å². The van der Waals surface area contributed by atoms with Crippen LogP contribution in [0.2, 0.25) is 0 Å². The summed E-state index contributed by atoms with van der Waals surface area (Å²) in [5.41, 5.74) is 1.32. The van der Waals surface area contributed by atoms with Crippen LogP contribution < -0.4 is 15.4 Å². The molecule has 6 nitrogen and oxygen atoms in total. The quantitative estimate of drug-likeness (QED) is 0.477. The highest BCUT2D eigenvalue weighted by Crippen LogP contribution is 2.21. The fourth-order valence-electron chi connectivity index (χ4n) is 1.98. The van der Waals surface area contributed by atoms with Gasteiger partial charge in [0.15, 0.2) is 0 Å². The number of thiophene rings is 1. The molecule has 0 bridgehead atoms. The van der Waals surface area contributed by atoms with E-state index in [0.29, 0.717) is 17.8 Å². The van der Waals surface area contributed by atoms with E-state index in [0.717, 1.165) is 4.88 Å². The summed E-state index contributed by atoms with van der Waals surface area (Å²) in [4.78, 5) is 1.06. The van der Waals surface area contributed by atoms with Crippen molar-refractivity contribution in [2.75, 3.05) is 19.4 Å². The van der Waals surface area contributed by atoms with Gasteiger partial charge in [-0.15, -0.1) is 11.3 Å². The molecule has 0 spiro atoms. The van der Waals surface area contributed by atoms with Gasteiger partial charge in [-0.2, -0.15) is 0 Å². The minimum absolute atomic E-state index is 0.234. The summed E-state index contributed by atoms with van der Waals surface area (Å²) >= 11 is 1.47. The zero-order chi connectivity index (χ0) is 16.2. The van der Waals surface area contributed by atoms with E-state index in [9.17, 15) is 8.42 Å². The van der Waals surface area contributed by atoms with Crippen LogP contribution in [0.25, 0.3) is 0 Å². The highest BCUT2D eigenvalue weighted by molar-refractivity contribution is 7.89. The molecule has 0 aliphatic carbocycles. The first-order valence-corrected chi connectivity index (χ1v) is 8.94. The smallest absolute Gasteiger partial charge is 0.240 e. The lowest BCUT2D eigenvalue weighted by Crippen LogP contribution is -2.22. The molecule has 0 radical (unpaired) electrons. The van der Waals surface area contributed by atoms with E-state index >= 15 is 0 Å². The average Bonchev–Trinajstić information content (AvgIpc) is 3.02. The first-order valence-electron chi connectivity index (χ1n) is 6.58. The highest BCUT2D eigenvalue weighted by atomic mass is 32.2. The molecule has 0 saturated carbocycles. The van der Waals surface area contributed by atoms with Crippen LogP contribution in [-0.4, -0.2) is 28.3 Å². The van der Waals surface area contributed by atoms with Crippen molar-refractivity contribution in [1.82, 2.24) is 10.0 Å². The van der Waals surface area contributed by atoms with Crippen molar-refractivity contribution in [1.29, 1.82) is 5.41 Å². The van der Waals surface area contributed by atoms with Crippen molar-refractivity contribution in [2.24, 2.45) is 0 Å². The Morgan fingerprint density at radius 2 is 2.05 bits per heavy atom. The first kappa shape index (κ1) is 16.6. The third kappa shape index (κ3) is 3.72. The van der Waals surface area contributed by atoms with E-state index < -0.39 is 10.0 Å². The second kappa shape index (κ2) is 7.01. The Morgan fingerprint density at radius 3 is 2.64 bits per heavy atom. The summed E-state index contributed by atoms with van der Waals surface area (Å²) in [6.07, 6.45) is 0. The van der Waals surface area contributed by atoms with Gasteiger partial charge in [0.1, 0.15) is 5.84 Å². The van der Waals surface area contributed by atoms with Gasteiger partial charge in [-0.25, -0.2) is 13.1 Å². The van der Waals surface area contributed by atoms with Crippen LogP contribution in [-0.2, 0) is 16.6 Å². The molecular formula is C14H18N4O2S2. The molecule has 0 saturated heterocycles. The SMILES string of the molecule is CNCc1cc(NC(=N)c2cccs2)ccc1S(=O)(=O)NC. The number of amidine groups is 1. The molecule has 2 rings (SSSR count). The van der Waals surface area contributed by atoms with E-state index in [1.54, 1.807) is 25.2 Å².